The van der Waals surface area contributed by atoms with Gasteiger partial charge in [0.05, 0.1) is 8.07 Å². The molecule has 0 fully saturated rings. The van der Waals surface area contributed by atoms with Gasteiger partial charge in [-0.05, 0) is 5.56 Å². The molecule has 17 heavy (non-hydrogen) atoms. The van der Waals surface area contributed by atoms with Crippen molar-refractivity contribution in [1.29, 1.82) is 0 Å². The highest BCUT2D eigenvalue weighted by Crippen LogP contribution is 2.37. The molecule has 0 aliphatic carbocycles. The molecular weight excluding hydrogens is 228 g/mol. The summed E-state index contributed by atoms with van der Waals surface area (Å²) in [5.41, 5.74) is 1.91. The molecule has 2 rings (SSSR count). The first-order valence-electron chi connectivity index (χ1n) is 5.63. The highest BCUT2D eigenvalue weighted by atomic mass is 28.3. The van der Waals surface area contributed by atoms with E-state index in [-0.39, 0.29) is 5.97 Å². The molecule has 0 aromatic heterocycles. The summed E-state index contributed by atoms with van der Waals surface area (Å²) >= 11 is 0. The topological polar surface area (TPSA) is 26.3 Å². The van der Waals surface area contributed by atoms with E-state index in [9.17, 15) is 4.79 Å². The first-order valence-corrected chi connectivity index (χ1v) is 9.13. The largest absolute Gasteiger partial charge is 0.423 e. The lowest BCUT2D eigenvalue weighted by atomic mass is 10.1. The van der Waals surface area contributed by atoms with Crippen molar-refractivity contribution in [2.75, 3.05) is 0 Å². The highest BCUT2D eigenvalue weighted by Gasteiger charge is 2.37. The summed E-state index contributed by atoms with van der Waals surface area (Å²) in [4.78, 5) is 11.9. The van der Waals surface area contributed by atoms with E-state index in [0.29, 0.717) is 5.76 Å². The Morgan fingerprint density at radius 1 is 1.12 bits per heavy atom. The lowest BCUT2D eigenvalue weighted by Crippen LogP contribution is -2.28. The van der Waals surface area contributed by atoms with E-state index in [4.69, 9.17) is 4.74 Å². The van der Waals surface area contributed by atoms with Gasteiger partial charge in [-0.3, -0.25) is 0 Å². The third kappa shape index (κ3) is 2.10. The van der Waals surface area contributed by atoms with Gasteiger partial charge in [0.15, 0.2) is 0 Å². The zero-order chi connectivity index (χ0) is 12.6. The Balaban J connectivity index is 2.65. The average Bonchev–Trinajstić information content (AvgIpc) is 2.54. The third-order valence-electron chi connectivity index (χ3n) is 2.76. The van der Waals surface area contributed by atoms with Crippen molar-refractivity contribution >= 4 is 19.6 Å². The number of hydrogen-bond donors (Lipinski definition) is 0. The van der Waals surface area contributed by atoms with Crippen LogP contribution in [0.5, 0.6) is 0 Å². The Labute approximate surface area is 103 Å². The molecule has 0 N–H and O–H groups in total. The van der Waals surface area contributed by atoms with E-state index in [1.165, 1.54) is 0 Å². The minimum Gasteiger partial charge on any atom is -0.423 e. The van der Waals surface area contributed by atoms with Crippen LogP contribution in [0.25, 0.3) is 5.57 Å². The normalized spacial score (nSPS) is 16.4. The molecule has 3 heteroatoms. The van der Waals surface area contributed by atoms with Crippen LogP contribution in [0.15, 0.2) is 47.9 Å². The van der Waals surface area contributed by atoms with Gasteiger partial charge in [-0.2, -0.15) is 0 Å². The first kappa shape index (κ1) is 11.9. The molecule has 1 aromatic rings. The number of ether oxygens (including phenoxy) is 1. The second-order valence-electron chi connectivity index (χ2n) is 5.18. The second kappa shape index (κ2) is 4.00. The number of benzene rings is 1. The van der Waals surface area contributed by atoms with Crippen LogP contribution in [-0.2, 0) is 9.53 Å². The number of hydrogen-bond acceptors (Lipinski definition) is 2. The Bertz CT molecular complexity index is 507. The molecular formula is C14H16O2Si. The number of rotatable bonds is 2. The highest BCUT2D eigenvalue weighted by molar-refractivity contribution is 6.88. The second-order valence-corrected chi connectivity index (χ2v) is 10.2. The third-order valence-corrected chi connectivity index (χ3v) is 4.72. The number of carbonyl (C=O) groups excluding carboxylic acids is 1. The maximum Gasteiger partial charge on any atom is 0.336 e. The van der Waals surface area contributed by atoms with Crippen LogP contribution in [0, 0.1) is 0 Å². The fourth-order valence-corrected chi connectivity index (χ4v) is 3.74. The first-order chi connectivity index (χ1) is 7.91. The van der Waals surface area contributed by atoms with E-state index < -0.39 is 8.07 Å². The lowest BCUT2D eigenvalue weighted by molar-refractivity contribution is -0.132. The molecule has 0 bridgehead atoms. The Morgan fingerprint density at radius 3 is 2.24 bits per heavy atom. The molecule has 1 aromatic carbocycles. The summed E-state index contributed by atoms with van der Waals surface area (Å²) in [7, 11) is -1.73. The summed E-state index contributed by atoms with van der Waals surface area (Å²) in [5.74, 6) is 0.270. The van der Waals surface area contributed by atoms with Crippen LogP contribution in [0.1, 0.15) is 5.56 Å². The fraction of sp³-hybridized carbons (Fsp3) is 0.214. The maximum absolute atomic E-state index is 11.9. The van der Waals surface area contributed by atoms with Crippen molar-refractivity contribution in [2.24, 2.45) is 0 Å². The molecule has 88 valence electrons. The van der Waals surface area contributed by atoms with Gasteiger partial charge in [0.2, 0.25) is 0 Å². The van der Waals surface area contributed by atoms with Crippen molar-refractivity contribution < 1.29 is 9.53 Å². The summed E-state index contributed by atoms with van der Waals surface area (Å²) in [6.07, 6.45) is 0. The van der Waals surface area contributed by atoms with Crippen LogP contribution in [-0.4, -0.2) is 14.0 Å². The van der Waals surface area contributed by atoms with Gasteiger partial charge in [-0.1, -0.05) is 56.6 Å². The number of esters is 1. The molecule has 0 amide bonds. The monoisotopic (exact) mass is 244 g/mol. The molecule has 0 saturated carbocycles. The van der Waals surface area contributed by atoms with Crippen LogP contribution >= 0.6 is 0 Å². The fourth-order valence-electron chi connectivity index (χ4n) is 2.05. The van der Waals surface area contributed by atoms with Gasteiger partial charge in [0.25, 0.3) is 0 Å². The van der Waals surface area contributed by atoms with Crippen LogP contribution in [0.3, 0.4) is 0 Å². The van der Waals surface area contributed by atoms with Crippen molar-refractivity contribution in [2.45, 2.75) is 19.6 Å². The quantitative estimate of drug-likeness (QED) is 0.589. The van der Waals surface area contributed by atoms with E-state index >= 15 is 0 Å². The molecule has 2 nitrogen and oxygen atoms in total. The van der Waals surface area contributed by atoms with Gasteiger partial charge >= 0.3 is 5.97 Å². The van der Waals surface area contributed by atoms with Crippen molar-refractivity contribution in [1.82, 2.24) is 0 Å². The zero-order valence-corrected chi connectivity index (χ0v) is 11.4. The van der Waals surface area contributed by atoms with Crippen LogP contribution < -0.4 is 0 Å². The van der Waals surface area contributed by atoms with Crippen molar-refractivity contribution in [3.05, 3.63) is 53.4 Å². The number of carbonyl (C=O) groups is 1. The van der Waals surface area contributed by atoms with Gasteiger partial charge in [0, 0.05) is 10.8 Å². The molecule has 0 atom stereocenters. The zero-order valence-electron chi connectivity index (χ0n) is 10.4. The maximum atomic E-state index is 11.9. The van der Waals surface area contributed by atoms with Gasteiger partial charge in [0.1, 0.15) is 5.76 Å². The molecule has 0 spiro atoms. The van der Waals surface area contributed by atoms with Gasteiger partial charge < -0.3 is 4.74 Å². The SMILES string of the molecule is C=C1OC(=O)C([Si](C)(C)C)=C1c1ccccc1. The average molecular weight is 244 g/mol. The standard InChI is InChI=1S/C14H16O2Si/c1-10-12(11-8-6-5-7-9-11)13(14(15)16-10)17(2,3)4/h5-9H,1H2,2-4H3. The van der Waals surface area contributed by atoms with Crippen LogP contribution in [0.2, 0.25) is 19.6 Å². The number of allylic oxidation sites excluding steroid dienone is 1. The minimum absolute atomic E-state index is 0.215. The molecule has 0 saturated heterocycles. The summed E-state index contributed by atoms with van der Waals surface area (Å²) in [6, 6.07) is 9.85. The van der Waals surface area contributed by atoms with E-state index in [0.717, 1.165) is 16.3 Å². The van der Waals surface area contributed by atoms with Crippen LogP contribution in [0.4, 0.5) is 0 Å². The Morgan fingerprint density at radius 2 is 1.71 bits per heavy atom. The van der Waals surface area contributed by atoms with Gasteiger partial charge in [-0.15, -0.1) is 0 Å². The summed E-state index contributed by atoms with van der Waals surface area (Å²) < 4.78 is 5.19. The van der Waals surface area contributed by atoms with E-state index in [1.54, 1.807) is 0 Å². The minimum atomic E-state index is -1.73. The molecule has 0 radical (unpaired) electrons. The van der Waals surface area contributed by atoms with Gasteiger partial charge in [-0.25, -0.2) is 4.79 Å². The Hall–Kier alpha value is -1.61. The molecule has 0 unspecified atom stereocenters. The summed E-state index contributed by atoms with van der Waals surface area (Å²) in [5, 5.41) is 0.841. The number of cyclic esters (lactones) is 1. The Kier molecular flexibility index (Phi) is 2.79. The molecule has 1 aliphatic heterocycles. The molecule has 1 aliphatic rings. The lowest BCUT2D eigenvalue weighted by Gasteiger charge is -2.16. The smallest absolute Gasteiger partial charge is 0.336 e. The van der Waals surface area contributed by atoms with E-state index in [1.807, 2.05) is 30.3 Å². The predicted octanol–water partition coefficient (Wildman–Crippen LogP) is 3.39. The van der Waals surface area contributed by atoms with Crippen molar-refractivity contribution in [3.63, 3.8) is 0 Å². The molecule has 1 heterocycles. The van der Waals surface area contributed by atoms with Crippen molar-refractivity contribution in [3.8, 4) is 0 Å². The van der Waals surface area contributed by atoms with E-state index in [2.05, 4.69) is 26.2 Å². The summed E-state index contributed by atoms with van der Waals surface area (Å²) in [6.45, 7) is 10.3. The predicted molar refractivity (Wildman–Crippen MR) is 71.9 cm³/mol.